The van der Waals surface area contributed by atoms with Crippen LogP contribution >= 0.6 is 0 Å². The van der Waals surface area contributed by atoms with Gasteiger partial charge in [-0.25, -0.2) is 0 Å². The van der Waals surface area contributed by atoms with Gasteiger partial charge in [0.1, 0.15) is 12.4 Å². The van der Waals surface area contributed by atoms with Crippen LogP contribution in [0.2, 0.25) is 0 Å². The van der Waals surface area contributed by atoms with Crippen molar-refractivity contribution >= 4 is 11.6 Å². The Kier molecular flexibility index (Phi) is 11.3. The molecule has 2 aromatic rings. The number of hydrogen-bond acceptors (Lipinski definition) is 5. The van der Waals surface area contributed by atoms with Gasteiger partial charge in [-0.3, -0.25) is 4.99 Å². The molecule has 0 unspecified atom stereocenters. The summed E-state index contributed by atoms with van der Waals surface area (Å²) >= 11 is 0. The van der Waals surface area contributed by atoms with Gasteiger partial charge in [-0.15, -0.1) is 0 Å². The summed E-state index contributed by atoms with van der Waals surface area (Å²) in [5.41, 5.74) is 4.50. The van der Waals surface area contributed by atoms with E-state index in [9.17, 15) is 0 Å². The summed E-state index contributed by atoms with van der Waals surface area (Å²) in [6.07, 6.45) is 0. The zero-order chi connectivity index (χ0) is 22.3. The molecule has 0 aliphatic heterocycles. The Balaban J connectivity index is 1.84. The van der Waals surface area contributed by atoms with E-state index in [0.29, 0.717) is 39.5 Å². The molecular formula is C24H36N4O3. The normalized spacial score (nSPS) is 11.3. The molecule has 0 aliphatic rings. The number of nitrogens with one attached hydrogen (secondary N) is 3. The summed E-state index contributed by atoms with van der Waals surface area (Å²) in [5, 5.41) is 10.0. The number of aliphatic imine (C=N–C) groups is 1. The number of guanidine groups is 1. The van der Waals surface area contributed by atoms with Crippen LogP contribution in [-0.2, 0) is 22.6 Å². The zero-order valence-corrected chi connectivity index (χ0v) is 19.2. The zero-order valence-electron chi connectivity index (χ0n) is 19.2. The SMILES string of the molecule is CCOCCOc1cc(C)ccc1CNC(=NC)NCc1ccc(NCCOC)cc1. The molecule has 0 aliphatic carbocycles. The Morgan fingerprint density at radius 3 is 2.45 bits per heavy atom. The summed E-state index contributed by atoms with van der Waals surface area (Å²) in [6.45, 7) is 8.64. The third-order valence-corrected chi connectivity index (χ3v) is 4.63. The average Bonchev–Trinajstić information content (AvgIpc) is 2.79. The van der Waals surface area contributed by atoms with Crippen LogP contribution in [0, 0.1) is 6.92 Å². The van der Waals surface area contributed by atoms with Crippen molar-refractivity contribution in [2.45, 2.75) is 26.9 Å². The number of benzene rings is 2. The lowest BCUT2D eigenvalue weighted by molar-refractivity contribution is 0.110. The standard InChI is InChI=1S/C24H36N4O3/c1-5-30-14-15-31-23-16-19(2)6-9-21(23)18-28-24(25-3)27-17-20-7-10-22(11-8-20)26-12-13-29-4/h6-11,16,26H,5,12-15,17-18H2,1-4H3,(H2,25,27,28). The highest BCUT2D eigenvalue weighted by molar-refractivity contribution is 5.79. The first-order valence-electron chi connectivity index (χ1n) is 10.7. The van der Waals surface area contributed by atoms with Crippen molar-refractivity contribution in [2.75, 3.05) is 52.4 Å². The Labute approximate surface area is 186 Å². The minimum Gasteiger partial charge on any atom is -0.491 e. The van der Waals surface area contributed by atoms with Crippen LogP contribution in [-0.4, -0.2) is 53.1 Å². The van der Waals surface area contributed by atoms with Crippen LogP contribution in [0.3, 0.4) is 0 Å². The maximum Gasteiger partial charge on any atom is 0.191 e. The van der Waals surface area contributed by atoms with E-state index in [4.69, 9.17) is 14.2 Å². The molecule has 31 heavy (non-hydrogen) atoms. The third kappa shape index (κ3) is 9.27. The van der Waals surface area contributed by atoms with Gasteiger partial charge in [-0.2, -0.15) is 0 Å². The van der Waals surface area contributed by atoms with E-state index in [1.807, 2.05) is 6.92 Å². The van der Waals surface area contributed by atoms with Crippen molar-refractivity contribution in [1.82, 2.24) is 10.6 Å². The smallest absolute Gasteiger partial charge is 0.191 e. The number of methoxy groups -OCH3 is 1. The molecular weight excluding hydrogens is 392 g/mol. The van der Waals surface area contributed by atoms with Gasteiger partial charge in [0.05, 0.1) is 13.2 Å². The third-order valence-electron chi connectivity index (χ3n) is 4.63. The summed E-state index contributed by atoms with van der Waals surface area (Å²) in [7, 11) is 3.47. The first kappa shape index (κ1) is 24.5. The van der Waals surface area contributed by atoms with Crippen molar-refractivity contribution in [3.05, 3.63) is 59.2 Å². The lowest BCUT2D eigenvalue weighted by atomic mass is 10.1. The van der Waals surface area contributed by atoms with Gasteiger partial charge in [-0.1, -0.05) is 24.3 Å². The highest BCUT2D eigenvalue weighted by Gasteiger charge is 2.06. The molecule has 0 radical (unpaired) electrons. The lowest BCUT2D eigenvalue weighted by Gasteiger charge is -2.16. The monoisotopic (exact) mass is 428 g/mol. The van der Waals surface area contributed by atoms with Crippen LogP contribution < -0.4 is 20.7 Å². The number of nitrogens with zero attached hydrogens (tertiary/aromatic N) is 1. The van der Waals surface area contributed by atoms with E-state index in [-0.39, 0.29) is 0 Å². The van der Waals surface area contributed by atoms with Crippen molar-refractivity contribution in [1.29, 1.82) is 0 Å². The molecule has 2 aromatic carbocycles. The summed E-state index contributed by atoms with van der Waals surface area (Å²) < 4.78 is 16.3. The quantitative estimate of drug-likeness (QED) is 0.258. The second-order valence-electron chi connectivity index (χ2n) is 7.05. The lowest BCUT2D eigenvalue weighted by Crippen LogP contribution is -2.36. The van der Waals surface area contributed by atoms with Crippen molar-refractivity contribution < 1.29 is 14.2 Å². The highest BCUT2D eigenvalue weighted by atomic mass is 16.5. The fraction of sp³-hybridized carbons (Fsp3) is 0.458. The van der Waals surface area contributed by atoms with Gasteiger partial charge in [-0.05, 0) is 43.2 Å². The Morgan fingerprint density at radius 2 is 1.74 bits per heavy atom. The van der Waals surface area contributed by atoms with Crippen LogP contribution in [0.25, 0.3) is 0 Å². The molecule has 3 N–H and O–H groups in total. The predicted octanol–water partition coefficient (Wildman–Crippen LogP) is 3.33. The van der Waals surface area contributed by atoms with Gasteiger partial charge >= 0.3 is 0 Å². The van der Waals surface area contributed by atoms with Gasteiger partial charge in [0.2, 0.25) is 0 Å². The van der Waals surface area contributed by atoms with Crippen LogP contribution in [0.4, 0.5) is 5.69 Å². The van der Waals surface area contributed by atoms with Gasteiger partial charge < -0.3 is 30.2 Å². The fourth-order valence-corrected chi connectivity index (χ4v) is 2.92. The minimum absolute atomic E-state index is 0.535. The van der Waals surface area contributed by atoms with Gasteiger partial charge in [0.25, 0.3) is 0 Å². The first-order chi connectivity index (χ1) is 15.2. The average molecular weight is 429 g/mol. The second-order valence-corrected chi connectivity index (χ2v) is 7.05. The summed E-state index contributed by atoms with van der Waals surface area (Å²) in [5.74, 6) is 1.61. The van der Waals surface area contributed by atoms with Crippen molar-refractivity contribution in [2.24, 2.45) is 4.99 Å². The van der Waals surface area contributed by atoms with Gasteiger partial charge in [0.15, 0.2) is 5.96 Å². The van der Waals surface area contributed by atoms with E-state index in [2.05, 4.69) is 70.3 Å². The number of hydrogen-bond donors (Lipinski definition) is 3. The van der Waals surface area contributed by atoms with Gasteiger partial charge in [0, 0.05) is 51.6 Å². The first-order valence-corrected chi connectivity index (χ1v) is 10.7. The molecule has 0 saturated carbocycles. The number of anilines is 1. The molecule has 2 rings (SSSR count). The molecule has 170 valence electrons. The summed E-state index contributed by atoms with van der Waals surface area (Å²) in [4.78, 5) is 4.33. The van der Waals surface area contributed by atoms with Crippen molar-refractivity contribution in [3.63, 3.8) is 0 Å². The van der Waals surface area contributed by atoms with Crippen LogP contribution in [0.1, 0.15) is 23.6 Å². The van der Waals surface area contributed by atoms with Crippen LogP contribution in [0.5, 0.6) is 5.75 Å². The largest absolute Gasteiger partial charge is 0.491 e. The molecule has 0 saturated heterocycles. The Bertz CT molecular complexity index is 794. The molecule has 0 fully saturated rings. The number of ether oxygens (including phenoxy) is 3. The molecule has 0 spiro atoms. The molecule has 7 nitrogen and oxygen atoms in total. The molecule has 0 amide bonds. The van der Waals surface area contributed by atoms with Crippen LogP contribution in [0.15, 0.2) is 47.5 Å². The Hall–Kier alpha value is -2.77. The highest BCUT2D eigenvalue weighted by Crippen LogP contribution is 2.20. The molecule has 0 atom stereocenters. The fourth-order valence-electron chi connectivity index (χ4n) is 2.92. The topological polar surface area (TPSA) is 76.1 Å². The van der Waals surface area contributed by atoms with Crippen molar-refractivity contribution in [3.8, 4) is 5.75 Å². The molecule has 7 heteroatoms. The maximum atomic E-state index is 5.92. The molecule has 0 bridgehead atoms. The van der Waals surface area contributed by atoms with E-state index >= 15 is 0 Å². The Morgan fingerprint density at radius 1 is 0.968 bits per heavy atom. The summed E-state index contributed by atoms with van der Waals surface area (Å²) in [6, 6.07) is 14.6. The van der Waals surface area contributed by atoms with E-state index in [0.717, 1.165) is 35.1 Å². The number of aryl methyl sites for hydroxylation is 1. The van der Waals surface area contributed by atoms with E-state index in [1.54, 1.807) is 14.2 Å². The second kappa shape index (κ2) is 14.3. The van der Waals surface area contributed by atoms with E-state index in [1.165, 1.54) is 5.56 Å². The van der Waals surface area contributed by atoms with E-state index < -0.39 is 0 Å². The predicted molar refractivity (Wildman–Crippen MR) is 127 cm³/mol. The molecule has 0 aromatic heterocycles. The maximum absolute atomic E-state index is 5.92. The molecule has 0 heterocycles. The minimum atomic E-state index is 0.535. The number of rotatable bonds is 13.